The summed E-state index contributed by atoms with van der Waals surface area (Å²) in [4.78, 5) is 6.44. The number of rotatable bonds is 7. The van der Waals surface area contributed by atoms with Crippen LogP contribution >= 0.6 is 0 Å². The number of ether oxygens (including phenoxy) is 1. The van der Waals surface area contributed by atoms with Gasteiger partial charge in [0, 0.05) is 12.6 Å². The smallest absolute Gasteiger partial charge is 0.213 e. The third-order valence-electron chi connectivity index (χ3n) is 2.50. The molecular weight excluding hydrogens is 204 g/mol. The van der Waals surface area contributed by atoms with Gasteiger partial charge in [-0.25, -0.2) is 4.98 Å². The van der Waals surface area contributed by atoms with E-state index in [1.54, 1.807) is 12.1 Å². The Hall–Kier alpha value is -1.13. The minimum Gasteiger partial charge on any atom is -0.476 e. The van der Waals surface area contributed by atoms with Crippen LogP contribution in [0.15, 0.2) is 18.2 Å². The molecule has 90 valence electrons. The Balaban J connectivity index is 2.36. The molecule has 0 aliphatic carbocycles. The average molecular weight is 224 g/mol. The molecule has 1 rings (SSSR count). The fourth-order valence-electron chi connectivity index (χ4n) is 1.45. The Bertz CT molecular complexity index is 301. The lowest BCUT2D eigenvalue weighted by Crippen LogP contribution is -2.28. The summed E-state index contributed by atoms with van der Waals surface area (Å²) in [6, 6.07) is 5.42. The number of aromatic nitrogens is 1. The second-order valence-corrected chi connectivity index (χ2v) is 3.50. The molecule has 0 bridgehead atoms. The summed E-state index contributed by atoms with van der Waals surface area (Å²) in [5.41, 5.74) is 0.639. The summed E-state index contributed by atoms with van der Waals surface area (Å²) >= 11 is 0. The highest BCUT2D eigenvalue weighted by Crippen LogP contribution is 2.07. The van der Waals surface area contributed by atoms with Crippen molar-refractivity contribution in [2.75, 3.05) is 26.2 Å². The molecule has 0 fully saturated rings. The zero-order valence-corrected chi connectivity index (χ0v) is 10.0. The molecule has 0 saturated heterocycles. The van der Waals surface area contributed by atoms with Crippen molar-refractivity contribution in [2.24, 2.45) is 0 Å². The molecule has 0 unspecified atom stereocenters. The lowest BCUT2D eigenvalue weighted by Gasteiger charge is -2.17. The van der Waals surface area contributed by atoms with E-state index in [2.05, 4.69) is 23.7 Å². The van der Waals surface area contributed by atoms with E-state index in [9.17, 15) is 0 Å². The van der Waals surface area contributed by atoms with Gasteiger partial charge in [-0.15, -0.1) is 0 Å². The van der Waals surface area contributed by atoms with Crippen LogP contribution < -0.4 is 4.74 Å². The third kappa shape index (κ3) is 4.16. The van der Waals surface area contributed by atoms with Crippen molar-refractivity contribution in [3.63, 3.8) is 0 Å². The molecule has 0 aliphatic heterocycles. The molecule has 1 N–H and O–H groups in total. The maximum Gasteiger partial charge on any atom is 0.213 e. The summed E-state index contributed by atoms with van der Waals surface area (Å²) in [6.45, 7) is 7.81. The van der Waals surface area contributed by atoms with Crippen LogP contribution in [-0.4, -0.2) is 41.2 Å². The van der Waals surface area contributed by atoms with E-state index in [1.165, 1.54) is 0 Å². The van der Waals surface area contributed by atoms with Gasteiger partial charge in [-0.2, -0.15) is 0 Å². The van der Waals surface area contributed by atoms with Crippen molar-refractivity contribution in [3.8, 4) is 5.88 Å². The molecule has 0 aliphatic rings. The number of pyridine rings is 1. The zero-order chi connectivity index (χ0) is 11.8. The number of aliphatic hydroxyl groups is 1. The maximum atomic E-state index is 8.93. The minimum absolute atomic E-state index is 0.0484. The largest absolute Gasteiger partial charge is 0.476 e. The predicted molar refractivity (Wildman–Crippen MR) is 63.4 cm³/mol. The Morgan fingerprint density at radius 2 is 2.06 bits per heavy atom. The van der Waals surface area contributed by atoms with Crippen LogP contribution in [0.4, 0.5) is 0 Å². The molecular formula is C12H20N2O2. The molecule has 0 amide bonds. The van der Waals surface area contributed by atoms with Gasteiger partial charge in [0.2, 0.25) is 5.88 Å². The summed E-state index contributed by atoms with van der Waals surface area (Å²) < 4.78 is 5.52. The fourth-order valence-corrected chi connectivity index (χ4v) is 1.45. The van der Waals surface area contributed by atoms with Crippen LogP contribution in [0.2, 0.25) is 0 Å². The molecule has 4 nitrogen and oxygen atoms in total. The summed E-state index contributed by atoms with van der Waals surface area (Å²) in [5.74, 6) is 0.582. The SMILES string of the molecule is CCN(CC)CCOc1cccc(CO)n1. The second kappa shape index (κ2) is 7.19. The number of likely N-dealkylation sites (N-methyl/N-ethyl adjacent to an activating group) is 1. The number of hydrogen-bond donors (Lipinski definition) is 1. The van der Waals surface area contributed by atoms with Crippen molar-refractivity contribution >= 4 is 0 Å². The van der Waals surface area contributed by atoms with E-state index in [4.69, 9.17) is 9.84 Å². The molecule has 0 saturated carbocycles. The number of hydrogen-bond acceptors (Lipinski definition) is 4. The lowest BCUT2D eigenvalue weighted by atomic mass is 10.4. The molecule has 0 spiro atoms. The minimum atomic E-state index is -0.0484. The lowest BCUT2D eigenvalue weighted by molar-refractivity contribution is 0.216. The Morgan fingerprint density at radius 1 is 1.31 bits per heavy atom. The van der Waals surface area contributed by atoms with E-state index in [0.29, 0.717) is 18.2 Å². The molecule has 0 aromatic carbocycles. The van der Waals surface area contributed by atoms with Crippen molar-refractivity contribution in [1.29, 1.82) is 0 Å². The Morgan fingerprint density at radius 3 is 2.69 bits per heavy atom. The van der Waals surface area contributed by atoms with E-state index in [1.807, 2.05) is 6.07 Å². The second-order valence-electron chi connectivity index (χ2n) is 3.50. The van der Waals surface area contributed by atoms with E-state index in [-0.39, 0.29) is 6.61 Å². The monoisotopic (exact) mass is 224 g/mol. The summed E-state index contributed by atoms with van der Waals surface area (Å²) in [6.07, 6.45) is 0. The highest BCUT2D eigenvalue weighted by atomic mass is 16.5. The van der Waals surface area contributed by atoms with Crippen LogP contribution in [0.1, 0.15) is 19.5 Å². The van der Waals surface area contributed by atoms with Crippen LogP contribution in [-0.2, 0) is 6.61 Å². The highest BCUT2D eigenvalue weighted by molar-refractivity contribution is 5.15. The standard InChI is InChI=1S/C12H20N2O2/c1-3-14(4-2)8-9-16-12-7-5-6-11(10-15)13-12/h5-7,15H,3-4,8-10H2,1-2H3. The first-order chi connectivity index (χ1) is 7.80. The fraction of sp³-hybridized carbons (Fsp3) is 0.583. The van der Waals surface area contributed by atoms with Gasteiger partial charge in [0.05, 0.1) is 12.3 Å². The molecule has 1 aromatic rings. The van der Waals surface area contributed by atoms with E-state index in [0.717, 1.165) is 19.6 Å². The molecule has 0 atom stereocenters. The third-order valence-corrected chi connectivity index (χ3v) is 2.50. The Kier molecular flexibility index (Phi) is 5.82. The Labute approximate surface area is 96.9 Å². The summed E-state index contributed by atoms with van der Waals surface area (Å²) in [7, 11) is 0. The quantitative estimate of drug-likeness (QED) is 0.758. The van der Waals surface area contributed by atoms with Crippen LogP contribution in [0.5, 0.6) is 5.88 Å². The van der Waals surface area contributed by atoms with Gasteiger partial charge >= 0.3 is 0 Å². The first-order valence-electron chi connectivity index (χ1n) is 5.72. The molecule has 0 radical (unpaired) electrons. The molecule has 16 heavy (non-hydrogen) atoms. The van der Waals surface area contributed by atoms with Gasteiger partial charge in [-0.05, 0) is 19.2 Å². The van der Waals surface area contributed by atoms with Crippen LogP contribution in [0.3, 0.4) is 0 Å². The van der Waals surface area contributed by atoms with Gasteiger partial charge in [-0.3, -0.25) is 0 Å². The zero-order valence-electron chi connectivity index (χ0n) is 10.0. The molecule has 4 heteroatoms. The van der Waals surface area contributed by atoms with Gasteiger partial charge in [-0.1, -0.05) is 19.9 Å². The van der Waals surface area contributed by atoms with Gasteiger partial charge in [0.1, 0.15) is 6.61 Å². The van der Waals surface area contributed by atoms with Gasteiger partial charge < -0.3 is 14.7 Å². The van der Waals surface area contributed by atoms with Crippen molar-refractivity contribution in [3.05, 3.63) is 23.9 Å². The van der Waals surface area contributed by atoms with Crippen LogP contribution in [0.25, 0.3) is 0 Å². The maximum absolute atomic E-state index is 8.93. The van der Waals surface area contributed by atoms with E-state index < -0.39 is 0 Å². The predicted octanol–water partition coefficient (Wildman–Crippen LogP) is 1.29. The van der Waals surface area contributed by atoms with Crippen molar-refractivity contribution in [2.45, 2.75) is 20.5 Å². The highest BCUT2D eigenvalue weighted by Gasteiger charge is 2.01. The first-order valence-corrected chi connectivity index (χ1v) is 5.72. The molecule has 1 aromatic heterocycles. The van der Waals surface area contributed by atoms with Crippen molar-refractivity contribution in [1.82, 2.24) is 9.88 Å². The van der Waals surface area contributed by atoms with Crippen LogP contribution in [0, 0.1) is 0 Å². The summed E-state index contributed by atoms with van der Waals surface area (Å²) in [5, 5.41) is 8.93. The topological polar surface area (TPSA) is 45.6 Å². The number of aliphatic hydroxyl groups excluding tert-OH is 1. The molecule has 1 heterocycles. The van der Waals surface area contributed by atoms with E-state index >= 15 is 0 Å². The van der Waals surface area contributed by atoms with Gasteiger partial charge in [0.25, 0.3) is 0 Å². The normalized spacial score (nSPS) is 10.8. The first kappa shape index (κ1) is 12.9. The van der Waals surface area contributed by atoms with Crippen molar-refractivity contribution < 1.29 is 9.84 Å². The number of nitrogens with zero attached hydrogens (tertiary/aromatic N) is 2. The average Bonchev–Trinajstić information content (AvgIpc) is 2.35. The van der Waals surface area contributed by atoms with Gasteiger partial charge in [0.15, 0.2) is 0 Å².